The fourth-order valence-electron chi connectivity index (χ4n) is 2.46. The Hall–Kier alpha value is -1.53. The number of ether oxygens (including phenoxy) is 1. The molecule has 1 aliphatic rings. The second-order valence-corrected chi connectivity index (χ2v) is 5.94. The minimum absolute atomic E-state index is 0.0302. The van der Waals surface area contributed by atoms with Crippen LogP contribution >= 0.6 is 0 Å². The highest BCUT2D eigenvalue weighted by atomic mass is 16.5. The zero-order valence-electron chi connectivity index (χ0n) is 13.0. The molecular formula is C15H23N3O3. The Balaban J connectivity index is 2.28. The van der Waals surface area contributed by atoms with E-state index in [2.05, 4.69) is 28.7 Å². The minimum atomic E-state index is -0.987. The van der Waals surface area contributed by atoms with Crippen LogP contribution in [-0.4, -0.2) is 51.7 Å². The van der Waals surface area contributed by atoms with Crippen LogP contribution in [-0.2, 0) is 4.74 Å². The molecule has 0 aromatic carbocycles. The highest BCUT2D eigenvalue weighted by Gasteiger charge is 2.27. The maximum atomic E-state index is 11.2. The van der Waals surface area contributed by atoms with Crippen molar-refractivity contribution < 1.29 is 14.6 Å². The van der Waals surface area contributed by atoms with Gasteiger partial charge in [0.1, 0.15) is 6.10 Å². The van der Waals surface area contributed by atoms with Gasteiger partial charge in [0.05, 0.1) is 17.9 Å². The third-order valence-corrected chi connectivity index (χ3v) is 3.73. The number of aromatic nitrogens is 2. The van der Waals surface area contributed by atoms with Crippen LogP contribution in [0, 0.1) is 0 Å². The second-order valence-electron chi connectivity index (χ2n) is 5.94. The summed E-state index contributed by atoms with van der Waals surface area (Å²) >= 11 is 0. The second kappa shape index (κ2) is 6.49. The summed E-state index contributed by atoms with van der Waals surface area (Å²) in [6.45, 7) is 10.4. The minimum Gasteiger partial charge on any atom is -0.478 e. The van der Waals surface area contributed by atoms with Crippen LogP contribution in [0.4, 0.5) is 0 Å². The van der Waals surface area contributed by atoms with E-state index in [1.165, 1.54) is 6.20 Å². The van der Waals surface area contributed by atoms with E-state index in [0.29, 0.717) is 24.2 Å². The lowest BCUT2D eigenvalue weighted by molar-refractivity contribution is -0.0444. The Bertz CT molecular complexity index is 517. The Morgan fingerprint density at radius 1 is 1.43 bits per heavy atom. The Morgan fingerprint density at radius 3 is 2.71 bits per heavy atom. The number of hydrogen-bond donors (Lipinski definition) is 1. The molecule has 0 radical (unpaired) electrons. The summed E-state index contributed by atoms with van der Waals surface area (Å²) in [5, 5.41) is 9.21. The quantitative estimate of drug-likeness (QED) is 0.916. The molecule has 1 N–H and O–H groups in total. The number of aromatic carboxylic acids is 1. The number of carbonyl (C=O) groups is 1. The maximum absolute atomic E-state index is 11.2. The summed E-state index contributed by atoms with van der Waals surface area (Å²) in [5.41, 5.74) is 0.739. The largest absolute Gasteiger partial charge is 0.478 e. The average molecular weight is 293 g/mol. The van der Waals surface area contributed by atoms with E-state index in [9.17, 15) is 9.90 Å². The van der Waals surface area contributed by atoms with Gasteiger partial charge in [-0.05, 0) is 19.8 Å². The Kier molecular flexibility index (Phi) is 4.90. The molecular weight excluding hydrogens is 270 g/mol. The van der Waals surface area contributed by atoms with Crippen LogP contribution in [0.25, 0.3) is 0 Å². The van der Waals surface area contributed by atoms with Crippen LogP contribution in [0.1, 0.15) is 61.6 Å². The van der Waals surface area contributed by atoms with E-state index in [0.717, 1.165) is 13.1 Å². The number of hydrogen-bond acceptors (Lipinski definition) is 5. The number of carboxylic acid groups (broad SMARTS) is 1. The molecule has 21 heavy (non-hydrogen) atoms. The number of nitrogens with zero attached hydrogens (tertiary/aromatic N) is 3. The van der Waals surface area contributed by atoms with Crippen molar-refractivity contribution in [2.24, 2.45) is 0 Å². The van der Waals surface area contributed by atoms with Gasteiger partial charge in [0, 0.05) is 25.3 Å². The molecule has 1 unspecified atom stereocenters. The van der Waals surface area contributed by atoms with Gasteiger partial charge in [-0.25, -0.2) is 14.8 Å². The first kappa shape index (κ1) is 15.9. The van der Waals surface area contributed by atoms with Gasteiger partial charge in [-0.1, -0.05) is 13.8 Å². The van der Waals surface area contributed by atoms with Crippen molar-refractivity contribution in [2.45, 2.75) is 45.8 Å². The van der Waals surface area contributed by atoms with Crippen molar-refractivity contribution in [1.82, 2.24) is 14.9 Å². The van der Waals surface area contributed by atoms with E-state index in [-0.39, 0.29) is 17.6 Å². The molecule has 1 aromatic rings. The summed E-state index contributed by atoms with van der Waals surface area (Å²) in [5.74, 6) is -0.379. The Labute approximate surface area is 125 Å². The first-order valence-electron chi connectivity index (χ1n) is 7.36. The lowest BCUT2D eigenvalue weighted by Crippen LogP contribution is -2.42. The third-order valence-electron chi connectivity index (χ3n) is 3.73. The van der Waals surface area contributed by atoms with Crippen molar-refractivity contribution in [2.75, 3.05) is 19.7 Å². The fourth-order valence-corrected chi connectivity index (χ4v) is 2.46. The molecule has 1 atom stereocenters. The lowest BCUT2D eigenvalue weighted by atomic mass is 10.0. The molecule has 6 heteroatoms. The highest BCUT2D eigenvalue weighted by molar-refractivity contribution is 5.88. The van der Waals surface area contributed by atoms with Gasteiger partial charge < -0.3 is 9.84 Å². The molecule has 0 saturated carbocycles. The van der Waals surface area contributed by atoms with Crippen LogP contribution < -0.4 is 0 Å². The van der Waals surface area contributed by atoms with Crippen LogP contribution in [0.2, 0.25) is 0 Å². The van der Waals surface area contributed by atoms with E-state index in [1.54, 1.807) is 0 Å². The van der Waals surface area contributed by atoms with Crippen molar-refractivity contribution in [3.63, 3.8) is 0 Å². The molecule has 1 aromatic heterocycles. The number of carboxylic acids is 1. The number of rotatable bonds is 4. The van der Waals surface area contributed by atoms with E-state index in [4.69, 9.17) is 4.74 Å². The highest BCUT2D eigenvalue weighted by Crippen LogP contribution is 2.24. The monoisotopic (exact) mass is 293 g/mol. The first-order chi connectivity index (χ1) is 9.90. The van der Waals surface area contributed by atoms with Crippen LogP contribution in [0.15, 0.2) is 6.20 Å². The predicted octanol–water partition coefficient (Wildman–Crippen LogP) is 2.08. The fraction of sp³-hybridized carbons (Fsp3) is 0.667. The molecule has 1 fully saturated rings. The Morgan fingerprint density at radius 2 is 2.14 bits per heavy atom. The molecule has 1 saturated heterocycles. The zero-order valence-corrected chi connectivity index (χ0v) is 13.0. The van der Waals surface area contributed by atoms with Gasteiger partial charge in [-0.2, -0.15) is 0 Å². The predicted molar refractivity (Wildman–Crippen MR) is 78.5 cm³/mol. The summed E-state index contributed by atoms with van der Waals surface area (Å²) in [7, 11) is 0. The molecule has 0 aliphatic carbocycles. The normalized spacial score (nSPS) is 20.2. The summed E-state index contributed by atoms with van der Waals surface area (Å²) in [6, 6.07) is 0.444. The van der Waals surface area contributed by atoms with Crippen molar-refractivity contribution in [1.29, 1.82) is 0 Å². The van der Waals surface area contributed by atoms with E-state index >= 15 is 0 Å². The SMILES string of the molecule is CC(C)c1nc(C2CN(C(C)C)CCO2)ncc1C(=O)O. The molecule has 2 rings (SSSR count). The topological polar surface area (TPSA) is 75.5 Å². The lowest BCUT2D eigenvalue weighted by Gasteiger charge is -2.34. The zero-order chi connectivity index (χ0) is 15.6. The summed E-state index contributed by atoms with van der Waals surface area (Å²) in [4.78, 5) is 22.2. The number of morpholine rings is 1. The molecule has 6 nitrogen and oxygen atoms in total. The maximum Gasteiger partial charge on any atom is 0.339 e. The van der Waals surface area contributed by atoms with Crippen molar-refractivity contribution >= 4 is 5.97 Å². The first-order valence-corrected chi connectivity index (χ1v) is 7.36. The van der Waals surface area contributed by atoms with Crippen molar-refractivity contribution in [3.8, 4) is 0 Å². The van der Waals surface area contributed by atoms with Gasteiger partial charge in [0.15, 0.2) is 5.82 Å². The van der Waals surface area contributed by atoms with Gasteiger partial charge in [0.2, 0.25) is 0 Å². The average Bonchev–Trinajstić information content (AvgIpc) is 2.46. The summed E-state index contributed by atoms with van der Waals surface area (Å²) in [6.07, 6.45) is 1.21. The molecule has 1 aliphatic heterocycles. The summed E-state index contributed by atoms with van der Waals surface area (Å²) < 4.78 is 5.77. The van der Waals surface area contributed by atoms with Gasteiger partial charge >= 0.3 is 5.97 Å². The third kappa shape index (κ3) is 3.57. The molecule has 116 valence electrons. The van der Waals surface area contributed by atoms with Gasteiger partial charge in [-0.3, -0.25) is 4.90 Å². The van der Waals surface area contributed by atoms with E-state index in [1.807, 2.05) is 13.8 Å². The molecule has 0 bridgehead atoms. The van der Waals surface area contributed by atoms with Gasteiger partial charge in [-0.15, -0.1) is 0 Å². The molecule has 0 spiro atoms. The molecule has 0 amide bonds. The standard InChI is InChI=1S/C15H23N3O3/c1-9(2)13-11(15(19)20)7-16-14(17-13)12-8-18(10(3)4)5-6-21-12/h7,9-10,12H,5-6,8H2,1-4H3,(H,19,20). The van der Waals surface area contributed by atoms with Gasteiger partial charge in [0.25, 0.3) is 0 Å². The molecule has 2 heterocycles. The van der Waals surface area contributed by atoms with E-state index < -0.39 is 5.97 Å². The smallest absolute Gasteiger partial charge is 0.339 e. The van der Waals surface area contributed by atoms with Crippen LogP contribution in [0.3, 0.4) is 0 Å². The van der Waals surface area contributed by atoms with Crippen LogP contribution in [0.5, 0.6) is 0 Å². The van der Waals surface area contributed by atoms with Crippen molar-refractivity contribution in [3.05, 3.63) is 23.3 Å².